The van der Waals surface area contributed by atoms with Crippen molar-refractivity contribution < 1.29 is 4.39 Å². The van der Waals surface area contributed by atoms with Gasteiger partial charge in [0.2, 0.25) is 0 Å². The van der Waals surface area contributed by atoms with E-state index in [0.717, 1.165) is 80.8 Å². The maximum Gasteiger partial charge on any atom is 0.138 e. The fraction of sp³-hybridized carbons (Fsp3) is 0.109. The van der Waals surface area contributed by atoms with Crippen LogP contribution in [0.2, 0.25) is 0 Å². The molecule has 9 rings (SSSR count). The minimum Gasteiger partial charge on any atom is -0.299 e. The highest BCUT2D eigenvalue weighted by Crippen LogP contribution is 2.43. The van der Waals surface area contributed by atoms with Crippen molar-refractivity contribution >= 4 is 27.2 Å². The molecule has 0 aliphatic heterocycles. The molecule has 0 fully saturated rings. The van der Waals surface area contributed by atoms with Crippen molar-refractivity contribution in [2.45, 2.75) is 31.7 Å². The molecule has 9 aromatic rings. The lowest BCUT2D eigenvalue weighted by Crippen LogP contribution is -2.38. The summed E-state index contributed by atoms with van der Waals surface area (Å²) in [4.78, 5) is 9.68. The molecule has 0 spiro atoms. The molecule has 0 radical (unpaired) electrons. The average molecular weight is 710 g/mol. The Bertz CT molecular complexity index is 2560. The topological polar surface area (TPSA) is 48.0 Å². The standard InChI is InChI=1S/C46H36FN5S/c1-2-3-19-44-49-40-26-22-33(28-42(40)53-44)41-29-48-43-27-23-34(30-51(41)43)39-31-52(50-45(39)32-20-24-38(47)25-21-32)46(35-13-7-4-8-14-35,36-15-9-5-10-16-36)37-17-11-6-12-18-37/h4-18,20-31H,2-3,19H2,1H3. The molecule has 4 aromatic heterocycles. The van der Waals surface area contributed by atoms with Crippen LogP contribution in [0.5, 0.6) is 0 Å². The second kappa shape index (κ2) is 13.7. The highest BCUT2D eigenvalue weighted by Gasteiger charge is 2.40. The molecule has 5 nitrogen and oxygen atoms in total. The Hall–Kier alpha value is -6.18. The van der Waals surface area contributed by atoms with Crippen LogP contribution in [-0.2, 0) is 12.0 Å². The molecule has 0 N–H and O–H groups in total. The zero-order valence-corrected chi connectivity index (χ0v) is 30.0. The van der Waals surface area contributed by atoms with Gasteiger partial charge in [-0.05, 0) is 78.1 Å². The number of pyridine rings is 1. The van der Waals surface area contributed by atoms with Crippen LogP contribution >= 0.6 is 11.3 Å². The van der Waals surface area contributed by atoms with E-state index in [9.17, 15) is 4.39 Å². The SMILES string of the molecule is CCCCc1nc2ccc(-c3cnc4ccc(-c5cn(C(c6ccccc6)(c6ccccc6)c6ccccc6)nc5-c5ccc(F)cc5)cn34)cc2s1. The van der Waals surface area contributed by atoms with E-state index >= 15 is 0 Å². The second-order valence-corrected chi connectivity index (χ2v) is 14.4. The first-order valence-corrected chi connectivity index (χ1v) is 18.8. The Labute approximate surface area is 311 Å². The molecular weight excluding hydrogens is 674 g/mol. The lowest BCUT2D eigenvalue weighted by Gasteiger charge is -2.36. The number of imidazole rings is 1. The van der Waals surface area contributed by atoms with E-state index in [0.29, 0.717) is 0 Å². The van der Waals surface area contributed by atoms with Gasteiger partial charge in [-0.2, -0.15) is 5.10 Å². The largest absolute Gasteiger partial charge is 0.299 e. The van der Waals surface area contributed by atoms with Crippen LogP contribution in [0.1, 0.15) is 41.5 Å². The normalized spacial score (nSPS) is 11.8. The number of rotatable bonds is 10. The third-order valence-electron chi connectivity index (χ3n) is 10.0. The highest BCUT2D eigenvalue weighted by atomic mass is 32.1. The first kappa shape index (κ1) is 32.7. The minimum absolute atomic E-state index is 0.290. The summed E-state index contributed by atoms with van der Waals surface area (Å²) in [5.74, 6) is -0.290. The molecule has 0 saturated heterocycles. The predicted molar refractivity (Wildman–Crippen MR) is 214 cm³/mol. The van der Waals surface area contributed by atoms with Gasteiger partial charge in [-0.25, -0.2) is 14.4 Å². The Morgan fingerprint density at radius 3 is 1.94 bits per heavy atom. The van der Waals surface area contributed by atoms with Gasteiger partial charge in [0.15, 0.2) is 0 Å². The Kier molecular flexibility index (Phi) is 8.49. The first-order valence-electron chi connectivity index (χ1n) is 18.0. The highest BCUT2D eigenvalue weighted by molar-refractivity contribution is 7.18. The number of aryl methyl sites for hydroxylation is 1. The van der Waals surface area contributed by atoms with Gasteiger partial charge in [0.05, 0.1) is 27.1 Å². The van der Waals surface area contributed by atoms with Crippen molar-refractivity contribution in [3.8, 4) is 33.6 Å². The molecule has 0 unspecified atom stereocenters. The summed E-state index contributed by atoms with van der Waals surface area (Å²) >= 11 is 1.78. The zero-order valence-electron chi connectivity index (χ0n) is 29.2. The molecule has 0 saturated carbocycles. The Morgan fingerprint density at radius 1 is 0.679 bits per heavy atom. The summed E-state index contributed by atoms with van der Waals surface area (Å²) in [5, 5.41) is 6.64. The number of nitrogens with zero attached hydrogens (tertiary/aromatic N) is 5. The monoisotopic (exact) mass is 709 g/mol. The lowest BCUT2D eigenvalue weighted by molar-refractivity contribution is 0.461. The number of halogens is 1. The van der Waals surface area contributed by atoms with Gasteiger partial charge >= 0.3 is 0 Å². The number of hydrogen-bond acceptors (Lipinski definition) is 4. The van der Waals surface area contributed by atoms with Crippen molar-refractivity contribution in [2.75, 3.05) is 0 Å². The molecule has 258 valence electrons. The van der Waals surface area contributed by atoms with Crippen LogP contribution in [0.15, 0.2) is 164 Å². The van der Waals surface area contributed by atoms with Gasteiger partial charge < -0.3 is 0 Å². The van der Waals surface area contributed by atoms with Crippen LogP contribution < -0.4 is 0 Å². The summed E-state index contributed by atoms with van der Waals surface area (Å²) in [6.45, 7) is 2.21. The van der Waals surface area contributed by atoms with Crippen LogP contribution in [0.3, 0.4) is 0 Å². The predicted octanol–water partition coefficient (Wildman–Crippen LogP) is 11.5. The van der Waals surface area contributed by atoms with Crippen LogP contribution in [0.4, 0.5) is 4.39 Å². The van der Waals surface area contributed by atoms with Crippen LogP contribution in [-0.4, -0.2) is 24.1 Å². The number of fused-ring (bicyclic) bond motifs is 2. The number of aromatic nitrogens is 5. The van der Waals surface area contributed by atoms with Crippen molar-refractivity contribution in [2.24, 2.45) is 0 Å². The quantitative estimate of drug-likeness (QED) is 0.133. The van der Waals surface area contributed by atoms with E-state index in [1.807, 2.05) is 24.4 Å². The molecular formula is C46H36FN5S. The molecule has 53 heavy (non-hydrogen) atoms. The van der Waals surface area contributed by atoms with Crippen molar-refractivity contribution in [3.05, 3.63) is 192 Å². The van der Waals surface area contributed by atoms with Gasteiger partial charge in [-0.1, -0.05) is 110 Å². The van der Waals surface area contributed by atoms with E-state index in [1.54, 1.807) is 23.5 Å². The van der Waals surface area contributed by atoms with Gasteiger partial charge in [0.25, 0.3) is 0 Å². The van der Waals surface area contributed by atoms with Crippen molar-refractivity contribution in [1.82, 2.24) is 24.1 Å². The summed E-state index contributed by atoms with van der Waals surface area (Å²) in [6, 6.07) is 48.8. The molecule has 0 aliphatic rings. The van der Waals surface area contributed by atoms with Gasteiger partial charge in [0, 0.05) is 34.6 Å². The van der Waals surface area contributed by atoms with Gasteiger partial charge in [-0.15, -0.1) is 11.3 Å². The molecule has 4 heterocycles. The second-order valence-electron chi connectivity index (χ2n) is 13.3. The van der Waals surface area contributed by atoms with Crippen molar-refractivity contribution in [1.29, 1.82) is 0 Å². The molecule has 0 amide bonds. The van der Waals surface area contributed by atoms with Crippen LogP contribution in [0, 0.1) is 5.82 Å². The Balaban J connectivity index is 1.26. The number of thiazole rings is 1. The molecule has 0 aliphatic carbocycles. The fourth-order valence-electron chi connectivity index (χ4n) is 7.43. The zero-order chi connectivity index (χ0) is 35.8. The number of hydrogen-bond donors (Lipinski definition) is 0. The van der Waals surface area contributed by atoms with Crippen molar-refractivity contribution in [3.63, 3.8) is 0 Å². The minimum atomic E-state index is -0.818. The summed E-state index contributed by atoms with van der Waals surface area (Å²) in [6.07, 6.45) is 9.53. The molecule has 0 atom stereocenters. The molecule has 7 heteroatoms. The van der Waals surface area contributed by atoms with E-state index < -0.39 is 5.54 Å². The van der Waals surface area contributed by atoms with E-state index in [1.165, 1.54) is 21.8 Å². The van der Waals surface area contributed by atoms with Gasteiger partial charge in [-0.3, -0.25) is 9.08 Å². The van der Waals surface area contributed by atoms with Crippen LogP contribution in [0.25, 0.3) is 49.5 Å². The molecule has 5 aromatic carbocycles. The maximum absolute atomic E-state index is 14.3. The average Bonchev–Trinajstić information content (AvgIpc) is 3.96. The first-order chi connectivity index (χ1) is 26.1. The molecule has 0 bridgehead atoms. The summed E-state index contributed by atoms with van der Waals surface area (Å²) in [7, 11) is 0. The third kappa shape index (κ3) is 5.83. The third-order valence-corrected chi connectivity index (χ3v) is 11.1. The van der Waals surface area contributed by atoms with E-state index in [4.69, 9.17) is 15.1 Å². The maximum atomic E-state index is 14.3. The van der Waals surface area contributed by atoms with E-state index in [-0.39, 0.29) is 5.82 Å². The Morgan fingerprint density at radius 2 is 1.30 bits per heavy atom. The lowest BCUT2D eigenvalue weighted by atomic mass is 9.77. The van der Waals surface area contributed by atoms with E-state index in [2.05, 4.69) is 132 Å². The summed E-state index contributed by atoms with van der Waals surface area (Å²) in [5.41, 5.74) is 9.81. The number of unbranched alkanes of at least 4 members (excludes halogenated alkanes) is 1. The fourth-order valence-corrected chi connectivity index (χ4v) is 8.48. The summed E-state index contributed by atoms with van der Waals surface area (Å²) < 4.78 is 19.8. The smallest absolute Gasteiger partial charge is 0.138 e. The number of benzene rings is 5. The van der Waals surface area contributed by atoms with Gasteiger partial charge in [0.1, 0.15) is 22.7 Å².